The van der Waals surface area contributed by atoms with Gasteiger partial charge in [0.05, 0.1) is 5.92 Å². The third-order valence-electron chi connectivity index (χ3n) is 3.24. The van der Waals surface area contributed by atoms with Crippen molar-refractivity contribution < 1.29 is 14.7 Å². The van der Waals surface area contributed by atoms with Crippen LogP contribution in [0, 0.1) is 15.4 Å². The second-order valence-corrected chi connectivity index (χ2v) is 5.79. The molecular formula is C13H14INO3. The Labute approximate surface area is 119 Å². The number of benzene rings is 1. The largest absolute Gasteiger partial charge is 0.481 e. The Balaban J connectivity index is 1.95. The molecule has 1 saturated carbocycles. The zero-order valence-corrected chi connectivity index (χ0v) is 11.9. The van der Waals surface area contributed by atoms with Crippen molar-refractivity contribution in [3.8, 4) is 0 Å². The summed E-state index contributed by atoms with van der Waals surface area (Å²) < 4.78 is 1.06. The molecule has 1 aromatic carbocycles. The molecule has 1 fully saturated rings. The molecule has 0 heterocycles. The van der Waals surface area contributed by atoms with Gasteiger partial charge >= 0.3 is 5.97 Å². The fourth-order valence-electron chi connectivity index (χ4n) is 2.25. The molecule has 0 bridgehead atoms. The number of nitrogens with one attached hydrogen (secondary N) is 1. The highest BCUT2D eigenvalue weighted by Gasteiger charge is 2.33. The first-order chi connectivity index (χ1) is 8.56. The zero-order chi connectivity index (χ0) is 13.1. The average Bonchev–Trinajstić information content (AvgIpc) is 2.78. The minimum absolute atomic E-state index is 0.0687. The van der Waals surface area contributed by atoms with E-state index in [0.29, 0.717) is 19.3 Å². The summed E-state index contributed by atoms with van der Waals surface area (Å²) >= 11 is 2.18. The van der Waals surface area contributed by atoms with Gasteiger partial charge in [0.2, 0.25) is 5.91 Å². The van der Waals surface area contributed by atoms with E-state index in [1.807, 2.05) is 24.3 Å². The molecule has 4 nitrogen and oxygen atoms in total. The van der Waals surface area contributed by atoms with Crippen LogP contribution in [0.4, 0.5) is 5.69 Å². The molecule has 2 rings (SSSR count). The maximum Gasteiger partial charge on any atom is 0.306 e. The molecule has 0 aromatic heterocycles. The molecule has 96 valence electrons. The quantitative estimate of drug-likeness (QED) is 0.816. The topological polar surface area (TPSA) is 66.4 Å². The Bertz CT molecular complexity index is 475. The third-order valence-corrected chi connectivity index (χ3v) is 3.92. The van der Waals surface area contributed by atoms with E-state index in [-0.39, 0.29) is 17.7 Å². The fraction of sp³-hybridized carbons (Fsp3) is 0.385. The van der Waals surface area contributed by atoms with E-state index in [1.54, 1.807) is 0 Å². The fourth-order valence-corrected chi connectivity index (χ4v) is 2.80. The second kappa shape index (κ2) is 5.69. The smallest absolute Gasteiger partial charge is 0.306 e. The van der Waals surface area contributed by atoms with E-state index in [4.69, 9.17) is 5.11 Å². The second-order valence-electron chi connectivity index (χ2n) is 4.54. The number of aliphatic carboxylic acids is 1. The predicted octanol–water partition coefficient (Wildman–Crippen LogP) is 2.73. The molecule has 0 spiro atoms. The van der Waals surface area contributed by atoms with E-state index in [1.165, 1.54) is 0 Å². The molecule has 0 saturated heterocycles. The maximum atomic E-state index is 12.0. The van der Waals surface area contributed by atoms with Gasteiger partial charge in [0.25, 0.3) is 0 Å². The monoisotopic (exact) mass is 359 g/mol. The number of amides is 1. The normalized spacial score (nSPS) is 22.7. The molecule has 2 atom stereocenters. The molecular weight excluding hydrogens is 345 g/mol. The summed E-state index contributed by atoms with van der Waals surface area (Å²) in [7, 11) is 0. The molecule has 1 aromatic rings. The van der Waals surface area contributed by atoms with Crippen molar-refractivity contribution in [1.82, 2.24) is 0 Å². The summed E-state index contributed by atoms with van der Waals surface area (Å²) in [6.45, 7) is 0. The molecule has 0 aliphatic heterocycles. The molecule has 1 aliphatic carbocycles. The first kappa shape index (κ1) is 13.3. The van der Waals surface area contributed by atoms with Crippen LogP contribution in [0.25, 0.3) is 0 Å². The number of carbonyl (C=O) groups excluding carboxylic acids is 1. The lowest BCUT2D eigenvalue weighted by molar-refractivity contribution is -0.141. The van der Waals surface area contributed by atoms with Gasteiger partial charge in [0.15, 0.2) is 0 Å². The lowest BCUT2D eigenvalue weighted by Crippen LogP contribution is -2.21. The van der Waals surface area contributed by atoms with Crippen LogP contribution >= 0.6 is 22.6 Å². The van der Waals surface area contributed by atoms with Crippen LogP contribution in [-0.2, 0) is 9.59 Å². The number of halogens is 1. The Kier molecular flexibility index (Phi) is 4.21. The SMILES string of the molecule is O=C(O)[C@H]1CC[C@@H](C(=O)Nc2cccc(I)c2)C1. The van der Waals surface area contributed by atoms with E-state index in [0.717, 1.165) is 9.26 Å². The number of hydrogen-bond donors (Lipinski definition) is 2. The van der Waals surface area contributed by atoms with Crippen LogP contribution in [0.1, 0.15) is 19.3 Å². The summed E-state index contributed by atoms with van der Waals surface area (Å²) in [5.41, 5.74) is 0.769. The molecule has 18 heavy (non-hydrogen) atoms. The Morgan fingerprint density at radius 3 is 2.61 bits per heavy atom. The number of rotatable bonds is 3. The van der Waals surface area contributed by atoms with Gasteiger partial charge in [-0.15, -0.1) is 0 Å². The molecule has 5 heteroatoms. The van der Waals surface area contributed by atoms with Gasteiger partial charge < -0.3 is 10.4 Å². The highest BCUT2D eigenvalue weighted by Crippen LogP contribution is 2.31. The lowest BCUT2D eigenvalue weighted by Gasteiger charge is -2.11. The first-order valence-electron chi connectivity index (χ1n) is 5.85. The minimum Gasteiger partial charge on any atom is -0.481 e. The van der Waals surface area contributed by atoms with Gasteiger partial charge in [-0.2, -0.15) is 0 Å². The number of carboxylic acid groups (broad SMARTS) is 1. The number of carboxylic acids is 1. The number of carbonyl (C=O) groups is 2. The van der Waals surface area contributed by atoms with Crippen LogP contribution in [0.3, 0.4) is 0 Å². The van der Waals surface area contributed by atoms with Crippen molar-refractivity contribution >= 4 is 40.2 Å². The maximum absolute atomic E-state index is 12.0. The van der Waals surface area contributed by atoms with Gasteiger partial charge in [-0.1, -0.05) is 6.07 Å². The molecule has 0 unspecified atom stereocenters. The van der Waals surface area contributed by atoms with Crippen molar-refractivity contribution in [2.75, 3.05) is 5.32 Å². The Hall–Kier alpha value is -1.11. The highest BCUT2D eigenvalue weighted by atomic mass is 127. The van der Waals surface area contributed by atoms with Crippen molar-refractivity contribution in [3.63, 3.8) is 0 Å². The van der Waals surface area contributed by atoms with E-state index in [9.17, 15) is 9.59 Å². The zero-order valence-electron chi connectivity index (χ0n) is 9.73. The standard InChI is InChI=1S/C13H14INO3/c14-10-2-1-3-11(7-10)15-12(16)8-4-5-9(6-8)13(17)18/h1-3,7-9H,4-6H2,(H,15,16)(H,17,18)/t8-,9+/m1/s1. The lowest BCUT2D eigenvalue weighted by atomic mass is 10.0. The van der Waals surface area contributed by atoms with Gasteiger partial charge in [-0.25, -0.2) is 0 Å². The van der Waals surface area contributed by atoms with E-state index >= 15 is 0 Å². The summed E-state index contributed by atoms with van der Waals surface area (Å²) in [6, 6.07) is 7.56. The van der Waals surface area contributed by atoms with Gasteiger partial charge in [0, 0.05) is 15.2 Å². The van der Waals surface area contributed by atoms with Crippen molar-refractivity contribution in [2.45, 2.75) is 19.3 Å². The van der Waals surface area contributed by atoms with Crippen molar-refractivity contribution in [3.05, 3.63) is 27.8 Å². The van der Waals surface area contributed by atoms with Crippen LogP contribution in [0.2, 0.25) is 0 Å². The molecule has 1 amide bonds. The van der Waals surface area contributed by atoms with Crippen LogP contribution in [0.5, 0.6) is 0 Å². The van der Waals surface area contributed by atoms with Gasteiger partial charge in [-0.05, 0) is 60.1 Å². The number of anilines is 1. The Morgan fingerprint density at radius 2 is 2.00 bits per heavy atom. The van der Waals surface area contributed by atoms with Crippen LogP contribution in [-0.4, -0.2) is 17.0 Å². The van der Waals surface area contributed by atoms with Gasteiger partial charge in [0.1, 0.15) is 0 Å². The summed E-state index contributed by atoms with van der Waals surface area (Å²) in [6.07, 6.45) is 1.71. The third kappa shape index (κ3) is 3.22. The predicted molar refractivity (Wildman–Crippen MR) is 76.3 cm³/mol. The van der Waals surface area contributed by atoms with Crippen molar-refractivity contribution in [2.24, 2.45) is 11.8 Å². The van der Waals surface area contributed by atoms with Crippen LogP contribution < -0.4 is 5.32 Å². The average molecular weight is 359 g/mol. The number of hydrogen-bond acceptors (Lipinski definition) is 2. The van der Waals surface area contributed by atoms with E-state index in [2.05, 4.69) is 27.9 Å². The molecule has 1 aliphatic rings. The van der Waals surface area contributed by atoms with Gasteiger partial charge in [-0.3, -0.25) is 9.59 Å². The van der Waals surface area contributed by atoms with Crippen LogP contribution in [0.15, 0.2) is 24.3 Å². The minimum atomic E-state index is -0.792. The molecule has 2 N–H and O–H groups in total. The molecule has 0 radical (unpaired) electrons. The summed E-state index contributed by atoms with van der Waals surface area (Å²) in [5, 5.41) is 11.8. The van der Waals surface area contributed by atoms with E-state index < -0.39 is 5.97 Å². The van der Waals surface area contributed by atoms with Crippen molar-refractivity contribution in [1.29, 1.82) is 0 Å². The highest BCUT2D eigenvalue weighted by molar-refractivity contribution is 14.1. The first-order valence-corrected chi connectivity index (χ1v) is 6.93. The Morgan fingerprint density at radius 1 is 1.28 bits per heavy atom. The summed E-state index contributed by atoms with van der Waals surface area (Å²) in [5.74, 6) is -1.40. The summed E-state index contributed by atoms with van der Waals surface area (Å²) in [4.78, 5) is 22.8.